The van der Waals surface area contributed by atoms with Crippen LogP contribution in [0.2, 0.25) is 0 Å². The molecule has 0 saturated heterocycles. The van der Waals surface area contributed by atoms with Crippen LogP contribution in [0, 0.1) is 5.92 Å². The van der Waals surface area contributed by atoms with Gasteiger partial charge in [0.2, 0.25) is 0 Å². The Morgan fingerprint density at radius 1 is 1.21 bits per heavy atom. The Bertz CT molecular complexity index is 381. The van der Waals surface area contributed by atoms with Crippen LogP contribution in [0.5, 0.6) is 0 Å². The van der Waals surface area contributed by atoms with E-state index in [0.29, 0.717) is 6.04 Å². The van der Waals surface area contributed by atoms with Gasteiger partial charge in [0.15, 0.2) is 0 Å². The number of rotatable bonds is 7. The molecular formula is C18H29N. The summed E-state index contributed by atoms with van der Waals surface area (Å²) in [5, 5.41) is 3.71. The van der Waals surface area contributed by atoms with Crippen LogP contribution in [0.15, 0.2) is 24.3 Å². The van der Waals surface area contributed by atoms with E-state index in [0.717, 1.165) is 18.4 Å². The van der Waals surface area contributed by atoms with Gasteiger partial charge in [-0.05, 0) is 48.8 Å². The third-order valence-electron chi connectivity index (χ3n) is 4.70. The standard InChI is InChI=1S/C18H29N/c1-4-14(3)13-18(19-5-2)17-12-7-6-11-16(17)15-9-8-10-15/h6-7,11-12,14-15,18-19H,4-5,8-10,13H2,1-3H3. The summed E-state index contributed by atoms with van der Waals surface area (Å²) in [4.78, 5) is 0. The van der Waals surface area contributed by atoms with Crippen LogP contribution in [0.1, 0.15) is 76.0 Å². The van der Waals surface area contributed by atoms with Crippen molar-refractivity contribution in [2.24, 2.45) is 5.92 Å². The molecule has 1 aromatic carbocycles. The van der Waals surface area contributed by atoms with Gasteiger partial charge >= 0.3 is 0 Å². The van der Waals surface area contributed by atoms with Crippen molar-refractivity contribution in [1.29, 1.82) is 0 Å². The fourth-order valence-corrected chi connectivity index (χ4v) is 3.05. The fraction of sp³-hybridized carbons (Fsp3) is 0.667. The van der Waals surface area contributed by atoms with Crippen molar-refractivity contribution in [2.75, 3.05) is 6.54 Å². The van der Waals surface area contributed by atoms with E-state index in [2.05, 4.69) is 50.4 Å². The van der Waals surface area contributed by atoms with Gasteiger partial charge in [-0.2, -0.15) is 0 Å². The van der Waals surface area contributed by atoms with Crippen LogP contribution >= 0.6 is 0 Å². The second-order valence-electron chi connectivity index (χ2n) is 6.12. The average molecular weight is 259 g/mol. The molecule has 0 radical (unpaired) electrons. The number of hydrogen-bond acceptors (Lipinski definition) is 1. The molecule has 0 bridgehead atoms. The van der Waals surface area contributed by atoms with E-state index in [1.54, 1.807) is 11.1 Å². The minimum atomic E-state index is 0.539. The van der Waals surface area contributed by atoms with Gasteiger partial charge in [-0.1, -0.05) is 57.9 Å². The summed E-state index contributed by atoms with van der Waals surface area (Å²) in [5.41, 5.74) is 3.18. The molecule has 1 aliphatic carbocycles. The lowest BCUT2D eigenvalue weighted by molar-refractivity contribution is 0.387. The first-order valence-corrected chi connectivity index (χ1v) is 8.08. The van der Waals surface area contributed by atoms with Crippen molar-refractivity contribution >= 4 is 0 Å². The molecule has 1 N–H and O–H groups in total. The molecular weight excluding hydrogens is 230 g/mol. The molecule has 0 aromatic heterocycles. The minimum absolute atomic E-state index is 0.539. The molecule has 2 unspecified atom stereocenters. The second kappa shape index (κ2) is 7.09. The van der Waals surface area contributed by atoms with E-state index < -0.39 is 0 Å². The van der Waals surface area contributed by atoms with E-state index in [1.165, 1.54) is 32.1 Å². The topological polar surface area (TPSA) is 12.0 Å². The van der Waals surface area contributed by atoms with Crippen LogP contribution in [0.25, 0.3) is 0 Å². The van der Waals surface area contributed by atoms with E-state index in [1.807, 2.05) is 0 Å². The zero-order chi connectivity index (χ0) is 13.7. The van der Waals surface area contributed by atoms with Gasteiger partial charge in [-0.25, -0.2) is 0 Å². The summed E-state index contributed by atoms with van der Waals surface area (Å²) in [6.45, 7) is 7.94. The van der Waals surface area contributed by atoms with Crippen LogP contribution in [0.3, 0.4) is 0 Å². The van der Waals surface area contributed by atoms with E-state index in [-0.39, 0.29) is 0 Å². The normalized spacial score (nSPS) is 18.9. The van der Waals surface area contributed by atoms with Gasteiger partial charge in [0.25, 0.3) is 0 Å². The number of nitrogens with one attached hydrogen (secondary N) is 1. The predicted molar refractivity (Wildman–Crippen MR) is 83.5 cm³/mol. The molecule has 0 heterocycles. The Kier molecular flexibility index (Phi) is 5.45. The largest absolute Gasteiger partial charge is 0.310 e. The summed E-state index contributed by atoms with van der Waals surface area (Å²) < 4.78 is 0. The molecule has 1 aromatic rings. The van der Waals surface area contributed by atoms with E-state index in [4.69, 9.17) is 0 Å². The lowest BCUT2D eigenvalue weighted by atomic mass is 9.76. The Balaban J connectivity index is 2.19. The highest BCUT2D eigenvalue weighted by atomic mass is 14.9. The van der Waals surface area contributed by atoms with Crippen molar-refractivity contribution in [2.45, 2.75) is 64.8 Å². The molecule has 1 aliphatic rings. The number of hydrogen-bond donors (Lipinski definition) is 1. The van der Waals surface area contributed by atoms with Gasteiger partial charge < -0.3 is 5.32 Å². The van der Waals surface area contributed by atoms with Gasteiger partial charge in [-0.3, -0.25) is 0 Å². The smallest absolute Gasteiger partial charge is 0.0325 e. The summed E-state index contributed by atoms with van der Waals surface area (Å²) in [5.74, 6) is 1.62. The first kappa shape index (κ1) is 14.6. The van der Waals surface area contributed by atoms with Crippen LogP contribution in [0.4, 0.5) is 0 Å². The predicted octanol–water partition coefficient (Wildman–Crippen LogP) is 5.04. The Hall–Kier alpha value is -0.820. The van der Waals surface area contributed by atoms with Crippen LogP contribution in [-0.2, 0) is 0 Å². The highest BCUT2D eigenvalue weighted by Crippen LogP contribution is 2.40. The van der Waals surface area contributed by atoms with Crippen molar-refractivity contribution in [3.05, 3.63) is 35.4 Å². The lowest BCUT2D eigenvalue weighted by Gasteiger charge is -2.31. The zero-order valence-electron chi connectivity index (χ0n) is 12.8. The SMILES string of the molecule is CCNC(CC(C)CC)c1ccccc1C1CCC1. The summed E-state index contributed by atoms with van der Waals surface area (Å²) >= 11 is 0. The first-order chi connectivity index (χ1) is 9.26. The maximum atomic E-state index is 3.71. The van der Waals surface area contributed by atoms with Gasteiger partial charge in [-0.15, -0.1) is 0 Å². The minimum Gasteiger partial charge on any atom is -0.310 e. The number of benzene rings is 1. The molecule has 0 aliphatic heterocycles. The fourth-order valence-electron chi connectivity index (χ4n) is 3.05. The average Bonchev–Trinajstić information content (AvgIpc) is 2.37. The third-order valence-corrected chi connectivity index (χ3v) is 4.70. The molecule has 0 amide bonds. The van der Waals surface area contributed by atoms with Gasteiger partial charge in [0, 0.05) is 6.04 Å². The maximum Gasteiger partial charge on any atom is 0.0325 e. The van der Waals surface area contributed by atoms with Gasteiger partial charge in [0.05, 0.1) is 0 Å². The maximum absolute atomic E-state index is 3.71. The lowest BCUT2D eigenvalue weighted by Crippen LogP contribution is -2.25. The summed E-state index contributed by atoms with van der Waals surface area (Å²) in [6.07, 6.45) is 6.72. The molecule has 0 spiro atoms. The molecule has 106 valence electrons. The molecule has 19 heavy (non-hydrogen) atoms. The monoisotopic (exact) mass is 259 g/mol. The highest BCUT2D eigenvalue weighted by Gasteiger charge is 2.25. The molecule has 2 rings (SSSR count). The molecule has 1 saturated carbocycles. The summed E-state index contributed by atoms with van der Waals surface area (Å²) in [7, 11) is 0. The molecule has 2 atom stereocenters. The summed E-state index contributed by atoms with van der Waals surface area (Å²) in [6, 6.07) is 9.67. The Morgan fingerprint density at radius 3 is 2.53 bits per heavy atom. The molecule has 1 heteroatoms. The Labute approximate surface area is 118 Å². The van der Waals surface area contributed by atoms with Crippen molar-refractivity contribution in [3.8, 4) is 0 Å². The van der Waals surface area contributed by atoms with E-state index >= 15 is 0 Å². The third kappa shape index (κ3) is 3.60. The van der Waals surface area contributed by atoms with Gasteiger partial charge in [0.1, 0.15) is 0 Å². The second-order valence-corrected chi connectivity index (χ2v) is 6.12. The van der Waals surface area contributed by atoms with E-state index in [9.17, 15) is 0 Å². The van der Waals surface area contributed by atoms with Crippen molar-refractivity contribution in [3.63, 3.8) is 0 Å². The first-order valence-electron chi connectivity index (χ1n) is 8.08. The zero-order valence-corrected chi connectivity index (χ0v) is 12.8. The van der Waals surface area contributed by atoms with Crippen molar-refractivity contribution < 1.29 is 0 Å². The van der Waals surface area contributed by atoms with Crippen LogP contribution in [-0.4, -0.2) is 6.54 Å². The quantitative estimate of drug-likeness (QED) is 0.723. The molecule has 1 fully saturated rings. The van der Waals surface area contributed by atoms with Crippen molar-refractivity contribution in [1.82, 2.24) is 5.32 Å². The Morgan fingerprint density at radius 2 is 1.95 bits per heavy atom. The highest BCUT2D eigenvalue weighted by molar-refractivity contribution is 5.34. The molecule has 1 nitrogen and oxygen atoms in total. The van der Waals surface area contributed by atoms with Crippen LogP contribution < -0.4 is 5.32 Å².